The third-order valence-corrected chi connectivity index (χ3v) is 4.53. The standard InChI is InChI=1S/C14H10Cl2FN3OS/c15-8-5-10(16)13-18-19-14(20(13)6-8)22-7-12(21)9-3-1-2-4-11(9)17/h1-6,12,21H,7H2/t12-/m0/s1. The Hall–Kier alpha value is -1.34. The van der Waals surface area contributed by atoms with E-state index >= 15 is 0 Å². The number of aromatic nitrogens is 3. The second kappa shape index (κ2) is 6.42. The highest BCUT2D eigenvalue weighted by Crippen LogP contribution is 2.28. The van der Waals surface area contributed by atoms with Crippen molar-refractivity contribution in [2.45, 2.75) is 11.3 Å². The molecule has 0 saturated carbocycles. The summed E-state index contributed by atoms with van der Waals surface area (Å²) in [7, 11) is 0. The van der Waals surface area contributed by atoms with Crippen LogP contribution in [0.25, 0.3) is 5.65 Å². The number of benzene rings is 1. The summed E-state index contributed by atoms with van der Waals surface area (Å²) in [6.45, 7) is 0. The van der Waals surface area contributed by atoms with Crippen molar-refractivity contribution in [2.75, 3.05) is 5.75 Å². The van der Waals surface area contributed by atoms with Gasteiger partial charge in [0.25, 0.3) is 0 Å². The van der Waals surface area contributed by atoms with Gasteiger partial charge in [0.1, 0.15) is 5.82 Å². The van der Waals surface area contributed by atoms with Gasteiger partial charge in [0.2, 0.25) is 0 Å². The van der Waals surface area contributed by atoms with E-state index in [0.717, 1.165) is 0 Å². The first-order valence-electron chi connectivity index (χ1n) is 6.31. The van der Waals surface area contributed by atoms with E-state index in [0.29, 0.717) is 20.8 Å². The molecule has 3 aromatic rings. The Morgan fingerprint density at radius 3 is 2.82 bits per heavy atom. The number of pyridine rings is 1. The van der Waals surface area contributed by atoms with E-state index < -0.39 is 11.9 Å². The maximum atomic E-state index is 13.6. The lowest BCUT2D eigenvalue weighted by atomic mass is 10.1. The summed E-state index contributed by atoms with van der Waals surface area (Å²) in [5.41, 5.74) is 0.730. The Balaban J connectivity index is 1.81. The minimum absolute atomic E-state index is 0.228. The van der Waals surface area contributed by atoms with Crippen LogP contribution in [0.3, 0.4) is 0 Å². The molecular formula is C14H10Cl2FN3OS. The Morgan fingerprint density at radius 2 is 2.05 bits per heavy atom. The summed E-state index contributed by atoms with van der Waals surface area (Å²) in [4.78, 5) is 0. The van der Waals surface area contributed by atoms with Gasteiger partial charge in [0.05, 0.1) is 16.1 Å². The van der Waals surface area contributed by atoms with Gasteiger partial charge in [0, 0.05) is 17.5 Å². The van der Waals surface area contributed by atoms with E-state index in [2.05, 4.69) is 10.2 Å². The normalized spacial score (nSPS) is 12.7. The van der Waals surface area contributed by atoms with Gasteiger partial charge in [0.15, 0.2) is 10.8 Å². The van der Waals surface area contributed by atoms with E-state index in [1.54, 1.807) is 34.9 Å². The summed E-state index contributed by atoms with van der Waals surface area (Å²) in [6, 6.07) is 7.70. The predicted octanol–water partition coefficient (Wildman–Crippen LogP) is 4.00. The molecule has 3 rings (SSSR count). The quantitative estimate of drug-likeness (QED) is 0.717. The molecular weight excluding hydrogens is 348 g/mol. The van der Waals surface area contributed by atoms with Crippen LogP contribution in [0.1, 0.15) is 11.7 Å². The highest BCUT2D eigenvalue weighted by molar-refractivity contribution is 7.99. The Kier molecular flexibility index (Phi) is 4.54. The van der Waals surface area contributed by atoms with Gasteiger partial charge in [-0.1, -0.05) is 53.2 Å². The molecule has 8 heteroatoms. The SMILES string of the molecule is O[C@@H](CSc1nnc2c(Cl)cc(Cl)cn12)c1ccccc1F. The highest BCUT2D eigenvalue weighted by atomic mass is 35.5. The highest BCUT2D eigenvalue weighted by Gasteiger charge is 2.16. The Morgan fingerprint density at radius 1 is 1.27 bits per heavy atom. The fraction of sp³-hybridized carbons (Fsp3) is 0.143. The van der Waals surface area contributed by atoms with Gasteiger partial charge >= 0.3 is 0 Å². The van der Waals surface area contributed by atoms with Gasteiger partial charge in [-0.25, -0.2) is 4.39 Å². The van der Waals surface area contributed by atoms with Crippen molar-refractivity contribution in [3.05, 3.63) is 58.0 Å². The fourth-order valence-electron chi connectivity index (χ4n) is 1.99. The molecule has 1 N–H and O–H groups in total. The molecule has 0 radical (unpaired) electrons. The van der Waals surface area contributed by atoms with Crippen molar-refractivity contribution in [1.82, 2.24) is 14.6 Å². The Bertz CT molecular complexity index is 827. The first-order chi connectivity index (χ1) is 10.6. The maximum Gasteiger partial charge on any atom is 0.195 e. The van der Waals surface area contributed by atoms with Crippen molar-refractivity contribution < 1.29 is 9.50 Å². The molecule has 114 valence electrons. The van der Waals surface area contributed by atoms with E-state index in [1.807, 2.05) is 0 Å². The van der Waals surface area contributed by atoms with Crippen LogP contribution in [0, 0.1) is 5.82 Å². The molecule has 0 aliphatic heterocycles. The lowest BCUT2D eigenvalue weighted by molar-refractivity contribution is 0.199. The molecule has 1 aromatic carbocycles. The number of halogens is 3. The molecule has 0 bridgehead atoms. The molecule has 2 heterocycles. The topological polar surface area (TPSA) is 50.4 Å². The minimum Gasteiger partial charge on any atom is -0.387 e. The molecule has 0 aliphatic rings. The number of nitrogens with zero attached hydrogens (tertiary/aromatic N) is 3. The summed E-state index contributed by atoms with van der Waals surface area (Å²) in [5, 5.41) is 19.5. The third-order valence-electron chi connectivity index (χ3n) is 3.03. The Labute approximate surface area is 139 Å². The maximum absolute atomic E-state index is 13.6. The van der Waals surface area contributed by atoms with Gasteiger partial charge in [-0.15, -0.1) is 10.2 Å². The van der Waals surface area contributed by atoms with Crippen molar-refractivity contribution in [3.8, 4) is 0 Å². The smallest absolute Gasteiger partial charge is 0.195 e. The molecule has 22 heavy (non-hydrogen) atoms. The zero-order valence-corrected chi connectivity index (χ0v) is 13.4. The van der Waals surface area contributed by atoms with Gasteiger partial charge < -0.3 is 5.11 Å². The van der Waals surface area contributed by atoms with Crippen LogP contribution in [0.5, 0.6) is 0 Å². The molecule has 1 atom stereocenters. The predicted molar refractivity (Wildman–Crippen MR) is 85.1 cm³/mol. The number of aliphatic hydroxyl groups is 1. The summed E-state index contributed by atoms with van der Waals surface area (Å²) in [6.07, 6.45) is 0.689. The number of rotatable bonds is 4. The van der Waals surface area contributed by atoms with Crippen molar-refractivity contribution >= 4 is 40.6 Å². The van der Waals surface area contributed by atoms with Crippen LogP contribution < -0.4 is 0 Å². The van der Waals surface area contributed by atoms with Crippen molar-refractivity contribution in [2.24, 2.45) is 0 Å². The largest absolute Gasteiger partial charge is 0.387 e. The summed E-state index contributed by atoms with van der Waals surface area (Å²) in [5.74, 6) is -0.209. The molecule has 0 unspecified atom stereocenters. The summed E-state index contributed by atoms with van der Waals surface area (Å²) < 4.78 is 15.3. The lowest BCUT2D eigenvalue weighted by Gasteiger charge is -2.10. The minimum atomic E-state index is -0.951. The van der Waals surface area contributed by atoms with Crippen molar-refractivity contribution in [1.29, 1.82) is 0 Å². The third kappa shape index (κ3) is 3.05. The van der Waals surface area contributed by atoms with Crippen LogP contribution in [0.15, 0.2) is 41.7 Å². The lowest BCUT2D eigenvalue weighted by Crippen LogP contribution is -2.04. The number of hydrogen-bond acceptors (Lipinski definition) is 4. The van der Waals surface area contributed by atoms with Crippen LogP contribution >= 0.6 is 35.0 Å². The number of aliphatic hydroxyl groups excluding tert-OH is 1. The number of fused-ring (bicyclic) bond motifs is 1. The molecule has 0 fully saturated rings. The van der Waals surface area contributed by atoms with Gasteiger partial charge in [-0.05, 0) is 12.1 Å². The first kappa shape index (κ1) is 15.6. The van der Waals surface area contributed by atoms with E-state index in [4.69, 9.17) is 23.2 Å². The molecule has 2 aromatic heterocycles. The van der Waals surface area contributed by atoms with Crippen LogP contribution in [-0.2, 0) is 0 Å². The van der Waals surface area contributed by atoms with Crippen LogP contribution in [0.2, 0.25) is 10.0 Å². The van der Waals surface area contributed by atoms with E-state index in [1.165, 1.54) is 17.8 Å². The zero-order chi connectivity index (χ0) is 15.7. The van der Waals surface area contributed by atoms with E-state index in [9.17, 15) is 9.50 Å². The fourth-order valence-corrected chi connectivity index (χ4v) is 3.36. The van der Waals surface area contributed by atoms with Gasteiger partial charge in [-0.3, -0.25) is 4.40 Å². The van der Waals surface area contributed by atoms with Crippen molar-refractivity contribution in [3.63, 3.8) is 0 Å². The molecule has 0 amide bonds. The molecule has 0 saturated heterocycles. The zero-order valence-electron chi connectivity index (χ0n) is 11.1. The molecule has 0 aliphatic carbocycles. The second-order valence-corrected chi connectivity index (χ2v) is 6.36. The number of thioether (sulfide) groups is 1. The first-order valence-corrected chi connectivity index (χ1v) is 8.05. The van der Waals surface area contributed by atoms with Gasteiger partial charge in [-0.2, -0.15) is 0 Å². The molecule has 4 nitrogen and oxygen atoms in total. The average molecular weight is 358 g/mol. The monoisotopic (exact) mass is 357 g/mol. The number of hydrogen-bond donors (Lipinski definition) is 1. The second-order valence-electron chi connectivity index (χ2n) is 4.53. The average Bonchev–Trinajstić information content (AvgIpc) is 2.88. The van der Waals surface area contributed by atoms with Crippen LogP contribution in [-0.4, -0.2) is 25.5 Å². The van der Waals surface area contributed by atoms with Crippen LogP contribution in [0.4, 0.5) is 4.39 Å². The van der Waals surface area contributed by atoms with E-state index in [-0.39, 0.29) is 11.3 Å². The molecule has 0 spiro atoms. The summed E-state index contributed by atoms with van der Waals surface area (Å²) >= 11 is 13.2.